The molecule has 2 nitrogen and oxygen atoms in total. The van der Waals surface area contributed by atoms with E-state index in [4.69, 9.17) is 0 Å². The van der Waals surface area contributed by atoms with E-state index in [1.165, 1.54) is 0 Å². The maximum Gasteiger partial charge on any atom is 0.114 e. The molecule has 0 bridgehead atoms. The molecule has 0 aliphatic carbocycles. The summed E-state index contributed by atoms with van der Waals surface area (Å²) in [6, 6.07) is 0. The smallest absolute Gasteiger partial charge is 0.114 e. The first-order valence-corrected chi connectivity index (χ1v) is 4.77. The molecule has 2 atom stereocenters. The summed E-state index contributed by atoms with van der Waals surface area (Å²) in [5.41, 5.74) is 0. The van der Waals surface area contributed by atoms with E-state index in [1.807, 2.05) is 11.8 Å². The number of β-amino-alcohol motifs (C(OH)–C–C–N with tert-alkyl or cyclic N) is 1. The Hall–Kier alpha value is -0.150. The van der Waals surface area contributed by atoms with Gasteiger partial charge in [-0.1, -0.05) is 13.3 Å². The van der Waals surface area contributed by atoms with E-state index >= 15 is 0 Å². The predicted octanol–water partition coefficient (Wildman–Crippen LogP) is 1.19. The van der Waals surface area contributed by atoms with E-state index in [1.54, 1.807) is 0 Å². The lowest BCUT2D eigenvalue weighted by Gasteiger charge is -2.18. The molecule has 1 saturated heterocycles. The van der Waals surface area contributed by atoms with E-state index in [2.05, 4.69) is 0 Å². The zero-order valence-corrected chi connectivity index (χ0v) is 7.67. The standard InChI is InChI=1S/C9H18FNO/c1-2-3-9(12)7-11-5-4-8(10)6-11/h8-9,12H,2-7H2,1H3. The Bertz CT molecular complexity index is 132. The molecule has 1 rings (SSSR count). The SMILES string of the molecule is CCCC(O)CN1CCC(F)C1. The van der Waals surface area contributed by atoms with Gasteiger partial charge in [0.1, 0.15) is 6.17 Å². The zero-order chi connectivity index (χ0) is 8.97. The van der Waals surface area contributed by atoms with Gasteiger partial charge < -0.3 is 5.11 Å². The van der Waals surface area contributed by atoms with Crippen LogP contribution >= 0.6 is 0 Å². The maximum absolute atomic E-state index is 12.7. The molecule has 1 aliphatic rings. The molecule has 1 heterocycles. The molecule has 0 radical (unpaired) electrons. The van der Waals surface area contributed by atoms with Crippen LogP contribution in [0, 0.1) is 0 Å². The topological polar surface area (TPSA) is 23.5 Å². The summed E-state index contributed by atoms with van der Waals surface area (Å²) in [7, 11) is 0. The molecule has 0 aromatic carbocycles. The Morgan fingerprint density at radius 2 is 2.42 bits per heavy atom. The molecule has 0 aromatic rings. The van der Waals surface area contributed by atoms with Crippen LogP contribution in [0.15, 0.2) is 0 Å². The Labute approximate surface area is 73.4 Å². The quantitative estimate of drug-likeness (QED) is 0.693. The van der Waals surface area contributed by atoms with Crippen LogP contribution in [0.1, 0.15) is 26.2 Å². The lowest BCUT2D eigenvalue weighted by molar-refractivity contribution is 0.113. The van der Waals surface area contributed by atoms with Crippen LogP contribution in [0.5, 0.6) is 0 Å². The van der Waals surface area contributed by atoms with Gasteiger partial charge >= 0.3 is 0 Å². The summed E-state index contributed by atoms with van der Waals surface area (Å²) in [5.74, 6) is 0. The molecule has 0 spiro atoms. The summed E-state index contributed by atoms with van der Waals surface area (Å²) < 4.78 is 12.7. The van der Waals surface area contributed by atoms with Gasteiger partial charge in [-0.15, -0.1) is 0 Å². The summed E-state index contributed by atoms with van der Waals surface area (Å²) >= 11 is 0. The van der Waals surface area contributed by atoms with Gasteiger partial charge in [-0.25, -0.2) is 4.39 Å². The zero-order valence-electron chi connectivity index (χ0n) is 7.67. The molecule has 1 aliphatic heterocycles. The van der Waals surface area contributed by atoms with Crippen molar-refractivity contribution >= 4 is 0 Å². The maximum atomic E-state index is 12.7. The summed E-state index contributed by atoms with van der Waals surface area (Å²) in [4.78, 5) is 2.00. The summed E-state index contributed by atoms with van der Waals surface area (Å²) in [6.07, 6.45) is 1.53. The molecule has 1 fully saturated rings. The molecule has 2 unspecified atom stereocenters. The highest BCUT2D eigenvalue weighted by molar-refractivity contribution is 4.76. The fraction of sp³-hybridized carbons (Fsp3) is 1.00. The fourth-order valence-corrected chi connectivity index (χ4v) is 1.67. The number of alkyl halides is 1. The van der Waals surface area contributed by atoms with E-state index in [0.29, 0.717) is 19.5 Å². The van der Waals surface area contributed by atoms with Crippen molar-refractivity contribution in [3.8, 4) is 0 Å². The summed E-state index contributed by atoms with van der Waals surface area (Å²) in [6.45, 7) is 4.02. The van der Waals surface area contributed by atoms with Crippen LogP contribution < -0.4 is 0 Å². The Balaban J connectivity index is 2.14. The van der Waals surface area contributed by atoms with E-state index in [-0.39, 0.29) is 6.10 Å². The third-order valence-electron chi connectivity index (χ3n) is 2.31. The molecule has 0 saturated carbocycles. The fourth-order valence-electron chi connectivity index (χ4n) is 1.67. The molecule has 0 amide bonds. The van der Waals surface area contributed by atoms with Crippen LogP contribution in [0.2, 0.25) is 0 Å². The van der Waals surface area contributed by atoms with Crippen molar-refractivity contribution < 1.29 is 9.50 Å². The summed E-state index contributed by atoms with van der Waals surface area (Å²) in [5, 5.41) is 9.43. The molecule has 3 heteroatoms. The van der Waals surface area contributed by atoms with Crippen LogP contribution in [-0.4, -0.2) is 41.9 Å². The number of hydrogen-bond acceptors (Lipinski definition) is 2. The van der Waals surface area contributed by atoms with Gasteiger partial charge in [0.05, 0.1) is 6.10 Å². The van der Waals surface area contributed by atoms with Crippen molar-refractivity contribution in [3.05, 3.63) is 0 Å². The van der Waals surface area contributed by atoms with Gasteiger partial charge in [0.15, 0.2) is 0 Å². The van der Waals surface area contributed by atoms with Crippen LogP contribution in [0.3, 0.4) is 0 Å². The first-order valence-electron chi connectivity index (χ1n) is 4.77. The van der Waals surface area contributed by atoms with Crippen LogP contribution in [-0.2, 0) is 0 Å². The normalized spacial score (nSPS) is 27.8. The number of nitrogens with zero attached hydrogens (tertiary/aromatic N) is 1. The lowest BCUT2D eigenvalue weighted by Crippen LogP contribution is -2.30. The van der Waals surface area contributed by atoms with E-state index in [0.717, 1.165) is 19.4 Å². The van der Waals surface area contributed by atoms with Gasteiger partial charge in [0.25, 0.3) is 0 Å². The Morgan fingerprint density at radius 1 is 1.67 bits per heavy atom. The van der Waals surface area contributed by atoms with Crippen LogP contribution in [0.25, 0.3) is 0 Å². The number of likely N-dealkylation sites (tertiary alicyclic amines) is 1. The minimum atomic E-state index is -0.668. The van der Waals surface area contributed by atoms with Crippen molar-refractivity contribution in [3.63, 3.8) is 0 Å². The highest BCUT2D eigenvalue weighted by Crippen LogP contribution is 2.13. The number of aliphatic hydroxyl groups is 1. The van der Waals surface area contributed by atoms with Gasteiger partial charge in [-0.05, 0) is 12.8 Å². The van der Waals surface area contributed by atoms with Gasteiger partial charge in [-0.3, -0.25) is 4.90 Å². The second kappa shape index (κ2) is 4.77. The predicted molar refractivity (Wildman–Crippen MR) is 46.9 cm³/mol. The van der Waals surface area contributed by atoms with Crippen molar-refractivity contribution in [2.45, 2.75) is 38.5 Å². The molecule has 0 aromatic heterocycles. The van der Waals surface area contributed by atoms with Crippen molar-refractivity contribution in [1.29, 1.82) is 0 Å². The minimum absolute atomic E-state index is 0.264. The second-order valence-corrected chi connectivity index (χ2v) is 3.59. The van der Waals surface area contributed by atoms with Crippen molar-refractivity contribution in [1.82, 2.24) is 4.90 Å². The van der Waals surface area contributed by atoms with Gasteiger partial charge in [-0.2, -0.15) is 0 Å². The minimum Gasteiger partial charge on any atom is -0.392 e. The third kappa shape index (κ3) is 3.07. The van der Waals surface area contributed by atoms with Crippen LogP contribution in [0.4, 0.5) is 4.39 Å². The second-order valence-electron chi connectivity index (χ2n) is 3.59. The van der Waals surface area contributed by atoms with E-state index in [9.17, 15) is 9.50 Å². The number of aliphatic hydroxyl groups excluding tert-OH is 1. The average molecular weight is 175 g/mol. The molecule has 72 valence electrons. The Kier molecular flexibility index (Phi) is 3.95. The van der Waals surface area contributed by atoms with Gasteiger partial charge in [0, 0.05) is 19.6 Å². The third-order valence-corrected chi connectivity index (χ3v) is 2.31. The molecule has 1 N–H and O–H groups in total. The lowest BCUT2D eigenvalue weighted by atomic mass is 10.2. The number of hydrogen-bond donors (Lipinski definition) is 1. The largest absolute Gasteiger partial charge is 0.392 e. The molecule has 12 heavy (non-hydrogen) atoms. The van der Waals surface area contributed by atoms with Gasteiger partial charge in [0.2, 0.25) is 0 Å². The van der Waals surface area contributed by atoms with E-state index < -0.39 is 6.17 Å². The highest BCUT2D eigenvalue weighted by Gasteiger charge is 2.22. The number of rotatable bonds is 4. The number of halogens is 1. The van der Waals surface area contributed by atoms with Crippen molar-refractivity contribution in [2.75, 3.05) is 19.6 Å². The molecular weight excluding hydrogens is 157 g/mol. The monoisotopic (exact) mass is 175 g/mol. The highest BCUT2D eigenvalue weighted by atomic mass is 19.1. The van der Waals surface area contributed by atoms with Crippen molar-refractivity contribution in [2.24, 2.45) is 0 Å². The first-order chi connectivity index (χ1) is 5.72. The molecular formula is C9H18FNO. The first kappa shape index (κ1) is 9.93. The average Bonchev–Trinajstić information content (AvgIpc) is 2.36. The Morgan fingerprint density at radius 3 is 2.92 bits per heavy atom.